The number of nitrogens with one attached hydrogen (secondary N) is 2. The fourth-order valence-electron chi connectivity index (χ4n) is 4.05. The van der Waals surface area contributed by atoms with Crippen molar-refractivity contribution in [3.05, 3.63) is 53.1 Å². The standard InChI is InChI=1S/C24H26ClN5O5/c1-14(23(32)28-15-5-6-18(22(26)27)19(25)11-15)21-24(33)30(8-10-35-21)17-4-2-3-16(12-17)29-7-9-34-13-20(29)31/h2-6,11-12,14,21H,7-10,13H2,1H3,(H3,26,27)(H,28,32). The molecule has 2 fully saturated rings. The number of amides is 3. The third kappa shape index (κ3) is 5.29. The van der Waals surface area contributed by atoms with Gasteiger partial charge >= 0.3 is 0 Å². The number of anilines is 3. The Labute approximate surface area is 207 Å². The molecule has 0 saturated carbocycles. The molecule has 2 heterocycles. The van der Waals surface area contributed by atoms with Gasteiger partial charge in [-0.3, -0.25) is 19.8 Å². The monoisotopic (exact) mass is 499 g/mol. The van der Waals surface area contributed by atoms with Gasteiger partial charge in [-0.05, 0) is 36.4 Å². The Kier molecular flexibility index (Phi) is 7.34. The number of benzene rings is 2. The zero-order valence-electron chi connectivity index (χ0n) is 19.1. The number of nitrogen functional groups attached to an aromatic ring is 1. The largest absolute Gasteiger partial charge is 0.384 e. The smallest absolute Gasteiger partial charge is 0.257 e. The number of hydrogen-bond donors (Lipinski definition) is 3. The van der Waals surface area contributed by atoms with E-state index in [1.807, 2.05) is 6.07 Å². The van der Waals surface area contributed by atoms with Gasteiger partial charge in [-0.2, -0.15) is 0 Å². The summed E-state index contributed by atoms with van der Waals surface area (Å²) in [5.41, 5.74) is 7.56. The van der Waals surface area contributed by atoms with Crippen molar-refractivity contribution in [2.24, 2.45) is 11.7 Å². The summed E-state index contributed by atoms with van der Waals surface area (Å²) in [4.78, 5) is 41.6. The van der Waals surface area contributed by atoms with E-state index in [4.69, 9.17) is 32.2 Å². The second-order valence-corrected chi connectivity index (χ2v) is 8.69. The molecule has 11 heteroatoms. The molecule has 0 spiro atoms. The van der Waals surface area contributed by atoms with Crippen LogP contribution in [0.3, 0.4) is 0 Å². The maximum absolute atomic E-state index is 13.3. The molecule has 2 unspecified atom stereocenters. The van der Waals surface area contributed by atoms with Gasteiger partial charge in [0.15, 0.2) is 0 Å². The van der Waals surface area contributed by atoms with E-state index in [0.29, 0.717) is 42.3 Å². The number of rotatable bonds is 6. The summed E-state index contributed by atoms with van der Waals surface area (Å²) in [7, 11) is 0. The molecule has 2 aliphatic heterocycles. The molecule has 2 aromatic carbocycles. The second kappa shape index (κ2) is 10.4. The highest BCUT2D eigenvalue weighted by molar-refractivity contribution is 6.34. The molecular weight excluding hydrogens is 474 g/mol. The van der Waals surface area contributed by atoms with Crippen molar-refractivity contribution < 1.29 is 23.9 Å². The Morgan fingerprint density at radius 1 is 1.14 bits per heavy atom. The lowest BCUT2D eigenvalue weighted by Crippen LogP contribution is -2.52. The van der Waals surface area contributed by atoms with Crippen molar-refractivity contribution in [2.75, 3.05) is 48.0 Å². The van der Waals surface area contributed by atoms with Gasteiger partial charge in [0.05, 0.1) is 24.2 Å². The van der Waals surface area contributed by atoms with Crippen LogP contribution >= 0.6 is 11.6 Å². The number of morpholine rings is 2. The Balaban J connectivity index is 1.47. The van der Waals surface area contributed by atoms with Gasteiger partial charge in [0.2, 0.25) is 5.91 Å². The van der Waals surface area contributed by atoms with Crippen LogP contribution in [-0.4, -0.2) is 62.6 Å². The molecule has 35 heavy (non-hydrogen) atoms. The first kappa shape index (κ1) is 24.6. The van der Waals surface area contributed by atoms with Crippen molar-refractivity contribution in [1.29, 1.82) is 5.41 Å². The summed E-state index contributed by atoms with van der Waals surface area (Å²) in [5.74, 6) is -1.86. The number of carbonyl (C=O) groups is 3. The van der Waals surface area contributed by atoms with Crippen LogP contribution in [0, 0.1) is 11.3 Å². The maximum atomic E-state index is 13.3. The third-order valence-corrected chi connectivity index (χ3v) is 6.27. The number of ether oxygens (including phenoxy) is 2. The predicted molar refractivity (Wildman–Crippen MR) is 132 cm³/mol. The van der Waals surface area contributed by atoms with E-state index in [2.05, 4.69) is 5.32 Å². The topological polar surface area (TPSA) is 138 Å². The van der Waals surface area contributed by atoms with Crippen LogP contribution in [0.4, 0.5) is 17.1 Å². The van der Waals surface area contributed by atoms with Crippen LogP contribution in [0.2, 0.25) is 5.02 Å². The highest BCUT2D eigenvalue weighted by Gasteiger charge is 2.38. The molecule has 184 valence electrons. The van der Waals surface area contributed by atoms with Crippen molar-refractivity contribution in [3.63, 3.8) is 0 Å². The molecule has 2 atom stereocenters. The number of halogens is 1. The van der Waals surface area contributed by atoms with Crippen LogP contribution in [0.25, 0.3) is 0 Å². The van der Waals surface area contributed by atoms with Gasteiger partial charge in [0.25, 0.3) is 11.8 Å². The summed E-state index contributed by atoms with van der Waals surface area (Å²) in [5, 5.41) is 10.5. The fraction of sp³-hybridized carbons (Fsp3) is 0.333. The van der Waals surface area contributed by atoms with Crippen LogP contribution < -0.4 is 20.9 Å². The maximum Gasteiger partial charge on any atom is 0.257 e. The van der Waals surface area contributed by atoms with E-state index >= 15 is 0 Å². The normalized spacial score (nSPS) is 19.4. The lowest BCUT2D eigenvalue weighted by molar-refractivity contribution is -0.143. The minimum absolute atomic E-state index is 0.0259. The van der Waals surface area contributed by atoms with Crippen LogP contribution in [0.5, 0.6) is 0 Å². The molecule has 3 amide bonds. The summed E-state index contributed by atoms with van der Waals surface area (Å²) < 4.78 is 10.9. The number of nitrogens with two attached hydrogens (primary N) is 1. The van der Waals surface area contributed by atoms with Crippen molar-refractivity contribution >= 4 is 52.2 Å². The molecule has 2 aromatic rings. The Bertz CT molecular complexity index is 1170. The van der Waals surface area contributed by atoms with Gasteiger partial charge in [-0.25, -0.2) is 0 Å². The second-order valence-electron chi connectivity index (χ2n) is 8.29. The summed E-state index contributed by atoms with van der Waals surface area (Å²) in [6.07, 6.45) is -0.982. The molecular formula is C24H26ClN5O5. The molecule has 0 bridgehead atoms. The highest BCUT2D eigenvalue weighted by atomic mass is 35.5. The quantitative estimate of drug-likeness (QED) is 0.410. The fourth-order valence-corrected chi connectivity index (χ4v) is 4.33. The lowest BCUT2D eigenvalue weighted by atomic mass is 10.0. The molecule has 0 radical (unpaired) electrons. The first-order chi connectivity index (χ1) is 16.8. The summed E-state index contributed by atoms with van der Waals surface area (Å²) in [6.45, 7) is 3.12. The van der Waals surface area contributed by atoms with Gasteiger partial charge in [0, 0.05) is 35.7 Å². The molecule has 2 saturated heterocycles. The van der Waals surface area contributed by atoms with Crippen molar-refractivity contribution in [3.8, 4) is 0 Å². The Hall–Kier alpha value is -3.47. The van der Waals surface area contributed by atoms with E-state index in [1.54, 1.807) is 47.1 Å². The minimum atomic E-state index is -0.982. The van der Waals surface area contributed by atoms with Crippen LogP contribution in [0.15, 0.2) is 42.5 Å². The lowest BCUT2D eigenvalue weighted by Gasteiger charge is -2.35. The van der Waals surface area contributed by atoms with Gasteiger partial charge in [0.1, 0.15) is 18.5 Å². The number of carbonyl (C=O) groups excluding carboxylic acids is 3. The van der Waals surface area contributed by atoms with Crippen molar-refractivity contribution in [1.82, 2.24) is 0 Å². The predicted octanol–water partition coefficient (Wildman–Crippen LogP) is 1.99. The van der Waals surface area contributed by atoms with Crippen LogP contribution in [-0.2, 0) is 23.9 Å². The molecule has 0 aromatic heterocycles. The molecule has 4 N–H and O–H groups in total. The first-order valence-electron chi connectivity index (χ1n) is 11.1. The molecule has 2 aliphatic rings. The average molecular weight is 500 g/mol. The Morgan fingerprint density at radius 3 is 2.54 bits per heavy atom. The SMILES string of the molecule is CC(C(=O)Nc1ccc(C(=N)N)c(Cl)c1)C1OCCN(c2cccc(N3CCOCC3=O)c2)C1=O. The number of nitrogens with zero attached hydrogens (tertiary/aromatic N) is 2. The van der Waals surface area contributed by atoms with E-state index < -0.39 is 17.9 Å². The van der Waals surface area contributed by atoms with Crippen LogP contribution in [0.1, 0.15) is 12.5 Å². The summed E-state index contributed by atoms with van der Waals surface area (Å²) in [6, 6.07) is 11.8. The molecule has 0 aliphatic carbocycles. The van der Waals surface area contributed by atoms with Gasteiger partial charge in [-0.1, -0.05) is 24.6 Å². The highest BCUT2D eigenvalue weighted by Crippen LogP contribution is 2.28. The van der Waals surface area contributed by atoms with E-state index in [-0.39, 0.29) is 35.9 Å². The molecule has 4 rings (SSSR count). The van der Waals surface area contributed by atoms with Gasteiger partial charge in [-0.15, -0.1) is 0 Å². The number of hydrogen-bond acceptors (Lipinski definition) is 6. The average Bonchev–Trinajstić information content (AvgIpc) is 2.84. The third-order valence-electron chi connectivity index (χ3n) is 5.96. The van der Waals surface area contributed by atoms with E-state index in [1.165, 1.54) is 6.07 Å². The molecule has 10 nitrogen and oxygen atoms in total. The first-order valence-corrected chi connectivity index (χ1v) is 11.5. The van der Waals surface area contributed by atoms with Crippen molar-refractivity contribution in [2.45, 2.75) is 13.0 Å². The van der Waals surface area contributed by atoms with E-state index in [0.717, 1.165) is 0 Å². The number of amidine groups is 1. The van der Waals surface area contributed by atoms with Gasteiger partial charge < -0.3 is 30.3 Å². The van der Waals surface area contributed by atoms with E-state index in [9.17, 15) is 14.4 Å². The summed E-state index contributed by atoms with van der Waals surface area (Å²) >= 11 is 6.14. The zero-order chi connectivity index (χ0) is 25.1. The minimum Gasteiger partial charge on any atom is -0.384 e. The zero-order valence-corrected chi connectivity index (χ0v) is 19.9. The Morgan fingerprint density at radius 2 is 1.86 bits per heavy atom.